The van der Waals surface area contributed by atoms with Crippen molar-refractivity contribution in [3.63, 3.8) is 0 Å². The summed E-state index contributed by atoms with van der Waals surface area (Å²) in [5, 5.41) is 3.48. The van der Waals surface area contributed by atoms with E-state index in [0.717, 1.165) is 31.2 Å². The molecule has 0 radical (unpaired) electrons. The zero-order valence-corrected chi connectivity index (χ0v) is 15.2. The normalized spacial score (nSPS) is 14.2. The lowest BCUT2D eigenvalue weighted by molar-refractivity contribution is 0.126. The highest BCUT2D eigenvalue weighted by molar-refractivity contribution is 5.20. The van der Waals surface area contributed by atoms with Crippen molar-refractivity contribution in [2.24, 2.45) is 11.3 Å². The van der Waals surface area contributed by atoms with E-state index in [4.69, 9.17) is 4.42 Å². The fraction of sp³-hybridized carbons (Fsp3) is 0.778. The largest absolute Gasteiger partial charge is 0.465 e. The molecule has 0 bridgehead atoms. The molecule has 0 saturated carbocycles. The van der Waals surface area contributed by atoms with Crippen LogP contribution < -0.4 is 5.32 Å². The molecule has 0 amide bonds. The predicted octanol–water partition coefficient (Wildman–Crippen LogP) is 4.20. The molecule has 0 aliphatic carbocycles. The van der Waals surface area contributed by atoms with E-state index in [1.807, 2.05) is 0 Å². The predicted molar refractivity (Wildman–Crippen MR) is 90.4 cm³/mol. The van der Waals surface area contributed by atoms with Gasteiger partial charge in [-0.3, -0.25) is 4.90 Å². The molecule has 1 rings (SSSR count). The van der Waals surface area contributed by atoms with E-state index < -0.39 is 0 Å². The molecule has 1 unspecified atom stereocenters. The Kier molecular flexibility index (Phi) is 6.48. The van der Waals surface area contributed by atoms with Gasteiger partial charge in [0.15, 0.2) is 0 Å². The third-order valence-electron chi connectivity index (χ3n) is 4.26. The Labute approximate surface area is 131 Å². The van der Waals surface area contributed by atoms with Crippen molar-refractivity contribution in [2.75, 3.05) is 13.6 Å². The standard InChI is InChI=1S/C18H34N2O/c1-13(2)10-19-11-16-9-17(21-14(16)3)12-20(8)15(4)18(5,6)7/h9,13,15,19H,10-12H2,1-8H3. The van der Waals surface area contributed by atoms with Crippen LogP contribution in [-0.2, 0) is 13.1 Å². The smallest absolute Gasteiger partial charge is 0.118 e. The highest BCUT2D eigenvalue weighted by atomic mass is 16.3. The van der Waals surface area contributed by atoms with Crippen molar-refractivity contribution in [3.8, 4) is 0 Å². The second-order valence-corrected chi connectivity index (χ2v) is 7.78. The topological polar surface area (TPSA) is 28.4 Å². The van der Waals surface area contributed by atoms with Gasteiger partial charge >= 0.3 is 0 Å². The van der Waals surface area contributed by atoms with Crippen molar-refractivity contribution in [2.45, 2.75) is 67.6 Å². The third-order valence-corrected chi connectivity index (χ3v) is 4.26. The Bertz CT molecular complexity index is 429. The van der Waals surface area contributed by atoms with E-state index in [2.05, 4.69) is 71.8 Å². The summed E-state index contributed by atoms with van der Waals surface area (Å²) in [4.78, 5) is 2.36. The van der Waals surface area contributed by atoms with Crippen LogP contribution in [0.3, 0.4) is 0 Å². The van der Waals surface area contributed by atoms with E-state index in [-0.39, 0.29) is 5.41 Å². The monoisotopic (exact) mass is 294 g/mol. The van der Waals surface area contributed by atoms with Gasteiger partial charge in [0.1, 0.15) is 11.5 Å². The molecular weight excluding hydrogens is 260 g/mol. The van der Waals surface area contributed by atoms with Gasteiger partial charge in [0.2, 0.25) is 0 Å². The van der Waals surface area contributed by atoms with Crippen LogP contribution in [0, 0.1) is 18.3 Å². The molecule has 0 fully saturated rings. The summed E-state index contributed by atoms with van der Waals surface area (Å²) in [5.74, 6) is 2.78. The maximum atomic E-state index is 5.92. The summed E-state index contributed by atoms with van der Waals surface area (Å²) in [6, 6.07) is 2.71. The average Bonchev–Trinajstić information content (AvgIpc) is 2.67. The Morgan fingerprint density at radius 2 is 1.86 bits per heavy atom. The van der Waals surface area contributed by atoms with Gasteiger partial charge in [-0.2, -0.15) is 0 Å². The van der Waals surface area contributed by atoms with Crippen molar-refractivity contribution in [1.29, 1.82) is 0 Å². The van der Waals surface area contributed by atoms with Gasteiger partial charge in [0.05, 0.1) is 6.54 Å². The van der Waals surface area contributed by atoms with Crippen molar-refractivity contribution in [3.05, 3.63) is 23.2 Å². The molecule has 1 atom stereocenters. The summed E-state index contributed by atoms with van der Waals surface area (Å²) in [7, 11) is 2.17. The minimum atomic E-state index is 0.276. The molecular formula is C18H34N2O. The third kappa shape index (κ3) is 5.84. The first-order valence-corrected chi connectivity index (χ1v) is 8.10. The van der Waals surface area contributed by atoms with Crippen molar-refractivity contribution < 1.29 is 4.42 Å². The first-order valence-electron chi connectivity index (χ1n) is 8.10. The van der Waals surface area contributed by atoms with Crippen molar-refractivity contribution >= 4 is 0 Å². The summed E-state index contributed by atoms with van der Waals surface area (Å²) >= 11 is 0. The maximum Gasteiger partial charge on any atom is 0.118 e. The van der Waals surface area contributed by atoms with Gasteiger partial charge in [-0.1, -0.05) is 34.6 Å². The van der Waals surface area contributed by atoms with Crippen LogP contribution in [0.4, 0.5) is 0 Å². The van der Waals surface area contributed by atoms with Crippen LogP contribution in [0.15, 0.2) is 10.5 Å². The number of aryl methyl sites for hydroxylation is 1. The van der Waals surface area contributed by atoms with E-state index in [9.17, 15) is 0 Å². The molecule has 21 heavy (non-hydrogen) atoms. The fourth-order valence-corrected chi connectivity index (χ4v) is 2.38. The lowest BCUT2D eigenvalue weighted by Crippen LogP contribution is -2.38. The zero-order valence-electron chi connectivity index (χ0n) is 15.2. The molecule has 1 aromatic rings. The van der Waals surface area contributed by atoms with Crippen LogP contribution in [0.25, 0.3) is 0 Å². The Morgan fingerprint density at radius 3 is 2.38 bits per heavy atom. The number of rotatable bonds is 7. The van der Waals surface area contributed by atoms with Gasteiger partial charge in [0, 0.05) is 18.2 Å². The van der Waals surface area contributed by atoms with Gasteiger partial charge < -0.3 is 9.73 Å². The molecule has 0 aliphatic rings. The lowest BCUT2D eigenvalue weighted by atomic mass is 9.87. The van der Waals surface area contributed by atoms with Crippen LogP contribution in [0.5, 0.6) is 0 Å². The lowest BCUT2D eigenvalue weighted by Gasteiger charge is -2.34. The fourth-order valence-electron chi connectivity index (χ4n) is 2.38. The molecule has 0 saturated heterocycles. The summed E-state index contributed by atoms with van der Waals surface area (Å²) in [6.45, 7) is 18.4. The molecule has 1 aromatic heterocycles. The number of nitrogens with one attached hydrogen (secondary N) is 1. The van der Waals surface area contributed by atoms with Crippen LogP contribution in [0.2, 0.25) is 0 Å². The molecule has 1 heterocycles. The average molecular weight is 294 g/mol. The van der Waals surface area contributed by atoms with Gasteiger partial charge in [-0.15, -0.1) is 0 Å². The number of hydrogen-bond acceptors (Lipinski definition) is 3. The second-order valence-electron chi connectivity index (χ2n) is 7.78. The molecule has 122 valence electrons. The molecule has 0 aliphatic heterocycles. The van der Waals surface area contributed by atoms with Crippen molar-refractivity contribution in [1.82, 2.24) is 10.2 Å². The first kappa shape index (κ1) is 18.2. The minimum absolute atomic E-state index is 0.276. The highest BCUT2D eigenvalue weighted by Gasteiger charge is 2.24. The summed E-state index contributed by atoms with van der Waals surface area (Å²) in [5.41, 5.74) is 1.56. The molecule has 0 spiro atoms. The molecule has 0 aromatic carbocycles. The Balaban J connectivity index is 2.61. The summed E-state index contributed by atoms with van der Waals surface area (Å²) in [6.07, 6.45) is 0. The summed E-state index contributed by atoms with van der Waals surface area (Å²) < 4.78 is 5.92. The maximum absolute atomic E-state index is 5.92. The van der Waals surface area contributed by atoms with E-state index in [0.29, 0.717) is 12.0 Å². The van der Waals surface area contributed by atoms with Gasteiger partial charge in [-0.05, 0) is 44.8 Å². The number of hydrogen-bond donors (Lipinski definition) is 1. The van der Waals surface area contributed by atoms with Crippen LogP contribution >= 0.6 is 0 Å². The van der Waals surface area contributed by atoms with E-state index >= 15 is 0 Å². The number of furan rings is 1. The Hall–Kier alpha value is -0.800. The number of nitrogens with zero attached hydrogens (tertiary/aromatic N) is 1. The molecule has 1 N–H and O–H groups in total. The minimum Gasteiger partial charge on any atom is -0.465 e. The highest BCUT2D eigenvalue weighted by Crippen LogP contribution is 2.25. The van der Waals surface area contributed by atoms with Gasteiger partial charge in [0.25, 0.3) is 0 Å². The SMILES string of the molecule is Cc1oc(CN(C)C(C)C(C)(C)C)cc1CNCC(C)C. The van der Waals surface area contributed by atoms with E-state index in [1.165, 1.54) is 5.56 Å². The van der Waals surface area contributed by atoms with Crippen LogP contribution in [-0.4, -0.2) is 24.5 Å². The zero-order chi connectivity index (χ0) is 16.2. The quantitative estimate of drug-likeness (QED) is 0.817. The molecule has 3 heteroatoms. The first-order chi connectivity index (χ1) is 9.61. The second kappa shape index (κ2) is 7.46. The Morgan fingerprint density at radius 1 is 1.24 bits per heavy atom. The van der Waals surface area contributed by atoms with Crippen LogP contribution in [0.1, 0.15) is 58.6 Å². The van der Waals surface area contributed by atoms with E-state index in [1.54, 1.807) is 0 Å². The van der Waals surface area contributed by atoms with Gasteiger partial charge in [-0.25, -0.2) is 0 Å². The molecule has 3 nitrogen and oxygen atoms in total.